The summed E-state index contributed by atoms with van der Waals surface area (Å²) in [6.45, 7) is 1.94. The first-order chi connectivity index (χ1) is 7.72. The highest BCUT2D eigenvalue weighted by atomic mass is 19.1. The van der Waals surface area contributed by atoms with Crippen molar-refractivity contribution >= 4 is 0 Å². The molecule has 78 valence electrons. The number of hydrogen-bond donors (Lipinski definition) is 0. The molecule has 0 saturated carbocycles. The van der Waals surface area contributed by atoms with Gasteiger partial charge in [-0.2, -0.15) is 5.26 Å². The van der Waals surface area contributed by atoms with Crippen molar-refractivity contribution in [3.63, 3.8) is 0 Å². The summed E-state index contributed by atoms with van der Waals surface area (Å²) in [5.74, 6) is -0.268. The molecule has 0 aliphatic carbocycles. The molecule has 0 aliphatic rings. The van der Waals surface area contributed by atoms with Gasteiger partial charge in [0.15, 0.2) is 0 Å². The topological polar surface area (TPSA) is 23.8 Å². The monoisotopic (exact) mass is 211 g/mol. The maximum Gasteiger partial charge on any atom is 0.123 e. The van der Waals surface area contributed by atoms with Crippen molar-refractivity contribution in [3.05, 3.63) is 59.4 Å². The van der Waals surface area contributed by atoms with Gasteiger partial charge in [-0.15, -0.1) is 0 Å². The number of hydrogen-bond acceptors (Lipinski definition) is 1. The van der Waals surface area contributed by atoms with E-state index in [1.807, 2.05) is 19.1 Å². The molecule has 0 amide bonds. The minimum atomic E-state index is -0.268. The standard InChI is InChI=1S/C14H10FN/c1-10-3-2-4-12(9-16)14(10)11-5-7-13(15)8-6-11/h2-8H,1H3. The second-order valence-electron chi connectivity index (χ2n) is 3.62. The van der Waals surface area contributed by atoms with Crippen molar-refractivity contribution in [2.45, 2.75) is 6.92 Å². The molecule has 16 heavy (non-hydrogen) atoms. The molecule has 0 bridgehead atoms. The number of nitriles is 1. The van der Waals surface area contributed by atoms with Gasteiger partial charge in [0.1, 0.15) is 5.82 Å². The van der Waals surface area contributed by atoms with Crippen LogP contribution in [-0.2, 0) is 0 Å². The van der Waals surface area contributed by atoms with Gasteiger partial charge in [-0.3, -0.25) is 0 Å². The third kappa shape index (κ3) is 1.80. The Morgan fingerprint density at radius 1 is 1.06 bits per heavy atom. The summed E-state index contributed by atoms with van der Waals surface area (Å²) < 4.78 is 12.8. The Balaban J connectivity index is 2.64. The molecule has 0 N–H and O–H groups in total. The molecular weight excluding hydrogens is 201 g/mol. The Labute approximate surface area is 93.8 Å². The molecule has 1 nitrogen and oxygen atoms in total. The highest BCUT2D eigenvalue weighted by Crippen LogP contribution is 2.27. The van der Waals surface area contributed by atoms with Crippen LogP contribution in [0, 0.1) is 24.1 Å². The van der Waals surface area contributed by atoms with Crippen LogP contribution in [0.1, 0.15) is 11.1 Å². The second kappa shape index (κ2) is 4.16. The van der Waals surface area contributed by atoms with E-state index in [0.29, 0.717) is 5.56 Å². The molecule has 0 fully saturated rings. The zero-order valence-electron chi connectivity index (χ0n) is 8.87. The number of aryl methyl sites for hydroxylation is 1. The average molecular weight is 211 g/mol. The van der Waals surface area contributed by atoms with Crippen LogP contribution in [-0.4, -0.2) is 0 Å². The summed E-state index contributed by atoms with van der Waals surface area (Å²) in [5, 5.41) is 9.03. The van der Waals surface area contributed by atoms with E-state index in [1.54, 1.807) is 18.2 Å². The van der Waals surface area contributed by atoms with Crippen molar-refractivity contribution in [2.75, 3.05) is 0 Å². The fraction of sp³-hybridized carbons (Fsp3) is 0.0714. The molecule has 0 unspecified atom stereocenters. The van der Waals surface area contributed by atoms with Gasteiger partial charge in [0, 0.05) is 5.56 Å². The van der Waals surface area contributed by atoms with Gasteiger partial charge in [-0.25, -0.2) is 4.39 Å². The molecule has 2 aromatic carbocycles. The zero-order chi connectivity index (χ0) is 11.5. The third-order valence-electron chi connectivity index (χ3n) is 2.53. The highest BCUT2D eigenvalue weighted by molar-refractivity contribution is 5.73. The van der Waals surface area contributed by atoms with Gasteiger partial charge in [0.05, 0.1) is 11.6 Å². The highest BCUT2D eigenvalue weighted by Gasteiger charge is 2.07. The lowest BCUT2D eigenvalue weighted by molar-refractivity contribution is 0.628. The molecule has 0 atom stereocenters. The Morgan fingerprint density at radius 2 is 1.75 bits per heavy atom. The smallest absolute Gasteiger partial charge is 0.123 e. The van der Waals surface area contributed by atoms with Crippen LogP contribution >= 0.6 is 0 Å². The zero-order valence-corrected chi connectivity index (χ0v) is 8.87. The first kappa shape index (κ1) is 10.4. The first-order valence-electron chi connectivity index (χ1n) is 4.98. The van der Waals surface area contributed by atoms with E-state index in [2.05, 4.69) is 6.07 Å². The van der Waals surface area contributed by atoms with Crippen LogP contribution in [0.2, 0.25) is 0 Å². The first-order valence-corrected chi connectivity index (χ1v) is 4.98. The summed E-state index contributed by atoms with van der Waals surface area (Å²) in [4.78, 5) is 0. The normalized spacial score (nSPS) is 9.81. The Hall–Kier alpha value is -2.14. The SMILES string of the molecule is Cc1cccc(C#N)c1-c1ccc(F)cc1. The molecular formula is C14H10FN. The number of rotatable bonds is 1. The summed E-state index contributed by atoms with van der Waals surface area (Å²) >= 11 is 0. The molecule has 0 radical (unpaired) electrons. The fourth-order valence-corrected chi connectivity index (χ4v) is 1.76. The molecule has 2 heteroatoms. The molecule has 2 aromatic rings. The van der Waals surface area contributed by atoms with Crippen LogP contribution < -0.4 is 0 Å². The van der Waals surface area contributed by atoms with Gasteiger partial charge in [-0.1, -0.05) is 24.3 Å². The van der Waals surface area contributed by atoms with Crippen LogP contribution in [0.4, 0.5) is 4.39 Å². The van der Waals surface area contributed by atoms with Gasteiger partial charge in [-0.05, 0) is 36.2 Å². The summed E-state index contributed by atoms with van der Waals surface area (Å²) in [5.41, 5.74) is 3.39. The third-order valence-corrected chi connectivity index (χ3v) is 2.53. The Bertz CT molecular complexity index is 550. The minimum Gasteiger partial charge on any atom is -0.207 e. The predicted molar refractivity (Wildman–Crippen MR) is 61.3 cm³/mol. The lowest BCUT2D eigenvalue weighted by atomic mass is 9.96. The largest absolute Gasteiger partial charge is 0.207 e. The molecule has 0 aliphatic heterocycles. The second-order valence-corrected chi connectivity index (χ2v) is 3.62. The lowest BCUT2D eigenvalue weighted by Gasteiger charge is -2.07. The average Bonchev–Trinajstić information content (AvgIpc) is 2.30. The summed E-state index contributed by atoms with van der Waals surface area (Å²) in [6, 6.07) is 13.9. The molecule has 0 spiro atoms. The number of benzene rings is 2. The van der Waals surface area contributed by atoms with E-state index >= 15 is 0 Å². The molecule has 0 aromatic heterocycles. The molecule has 0 saturated heterocycles. The Kier molecular flexibility index (Phi) is 2.70. The van der Waals surface area contributed by atoms with Crippen molar-refractivity contribution in [2.24, 2.45) is 0 Å². The fourth-order valence-electron chi connectivity index (χ4n) is 1.76. The van der Waals surface area contributed by atoms with E-state index in [9.17, 15) is 4.39 Å². The number of halogens is 1. The quantitative estimate of drug-likeness (QED) is 0.706. The van der Waals surface area contributed by atoms with E-state index in [4.69, 9.17) is 5.26 Å². The summed E-state index contributed by atoms with van der Waals surface area (Å²) in [6.07, 6.45) is 0. The van der Waals surface area contributed by atoms with Crippen molar-refractivity contribution < 1.29 is 4.39 Å². The van der Waals surface area contributed by atoms with Gasteiger partial charge < -0.3 is 0 Å². The van der Waals surface area contributed by atoms with E-state index < -0.39 is 0 Å². The molecule has 2 rings (SSSR count). The predicted octanol–water partition coefficient (Wildman–Crippen LogP) is 3.67. The van der Waals surface area contributed by atoms with Crippen molar-refractivity contribution in [1.29, 1.82) is 5.26 Å². The van der Waals surface area contributed by atoms with Crippen LogP contribution in [0.15, 0.2) is 42.5 Å². The molecule has 0 heterocycles. The summed E-state index contributed by atoms with van der Waals surface area (Å²) in [7, 11) is 0. The maximum absolute atomic E-state index is 12.8. The van der Waals surface area contributed by atoms with Gasteiger partial charge in [0.25, 0.3) is 0 Å². The lowest BCUT2D eigenvalue weighted by Crippen LogP contribution is -1.88. The maximum atomic E-state index is 12.8. The van der Waals surface area contributed by atoms with Crippen LogP contribution in [0.25, 0.3) is 11.1 Å². The Morgan fingerprint density at radius 3 is 2.38 bits per heavy atom. The van der Waals surface area contributed by atoms with E-state index in [-0.39, 0.29) is 5.82 Å². The van der Waals surface area contributed by atoms with Crippen LogP contribution in [0.3, 0.4) is 0 Å². The van der Waals surface area contributed by atoms with E-state index in [0.717, 1.165) is 16.7 Å². The number of nitrogens with zero attached hydrogens (tertiary/aromatic N) is 1. The van der Waals surface area contributed by atoms with Gasteiger partial charge in [0.2, 0.25) is 0 Å². The van der Waals surface area contributed by atoms with Crippen LogP contribution in [0.5, 0.6) is 0 Å². The van der Waals surface area contributed by atoms with Gasteiger partial charge >= 0.3 is 0 Å². The minimum absolute atomic E-state index is 0.268. The van der Waals surface area contributed by atoms with Crippen molar-refractivity contribution in [1.82, 2.24) is 0 Å². The van der Waals surface area contributed by atoms with Crippen molar-refractivity contribution in [3.8, 4) is 17.2 Å². The van der Waals surface area contributed by atoms with E-state index in [1.165, 1.54) is 12.1 Å².